The van der Waals surface area contributed by atoms with Crippen LogP contribution in [0.5, 0.6) is 11.5 Å². The molecule has 6 heteroatoms. The van der Waals surface area contributed by atoms with Crippen LogP contribution in [0.3, 0.4) is 0 Å². The van der Waals surface area contributed by atoms with Gasteiger partial charge in [0.1, 0.15) is 0 Å². The Balaban J connectivity index is 2.63. The van der Waals surface area contributed by atoms with Crippen LogP contribution in [0, 0.1) is 0 Å². The Morgan fingerprint density at radius 3 is 2.52 bits per heavy atom. The third-order valence-corrected chi connectivity index (χ3v) is 3.11. The van der Waals surface area contributed by atoms with E-state index in [1.807, 2.05) is 13.0 Å². The molecule has 0 amide bonds. The first-order chi connectivity index (χ1) is 9.85. The molecule has 0 spiro atoms. The predicted octanol–water partition coefficient (Wildman–Crippen LogP) is 3.70. The van der Waals surface area contributed by atoms with Crippen LogP contribution in [-0.2, 0) is 6.42 Å². The summed E-state index contributed by atoms with van der Waals surface area (Å²) in [6, 6.07) is 5.46. The zero-order valence-corrected chi connectivity index (χ0v) is 12.4. The maximum atomic E-state index is 12.1. The van der Waals surface area contributed by atoms with Gasteiger partial charge in [-0.15, -0.1) is 0 Å². The number of ether oxygens (including phenoxy) is 2. The van der Waals surface area contributed by atoms with Gasteiger partial charge in [-0.05, 0) is 37.0 Å². The van der Waals surface area contributed by atoms with Crippen molar-refractivity contribution in [3.05, 3.63) is 23.8 Å². The van der Waals surface area contributed by atoms with Gasteiger partial charge >= 0.3 is 6.18 Å². The number of methoxy groups -OCH3 is 1. The van der Waals surface area contributed by atoms with Gasteiger partial charge in [0.15, 0.2) is 11.5 Å². The Labute approximate surface area is 123 Å². The van der Waals surface area contributed by atoms with Gasteiger partial charge in [-0.3, -0.25) is 0 Å². The maximum absolute atomic E-state index is 12.1. The van der Waals surface area contributed by atoms with Gasteiger partial charge in [0.2, 0.25) is 0 Å². The summed E-state index contributed by atoms with van der Waals surface area (Å²) >= 11 is 0. The molecule has 0 aliphatic carbocycles. The molecule has 1 unspecified atom stereocenters. The number of halogens is 3. The number of hydrogen-bond donors (Lipinski definition) is 1. The molecule has 0 heterocycles. The third kappa shape index (κ3) is 6.71. The highest BCUT2D eigenvalue weighted by Crippen LogP contribution is 2.29. The molecule has 2 N–H and O–H groups in total. The minimum absolute atomic E-state index is 0.000839. The van der Waals surface area contributed by atoms with Crippen LogP contribution in [0.15, 0.2) is 18.2 Å². The van der Waals surface area contributed by atoms with Crippen LogP contribution in [0.25, 0.3) is 0 Å². The fourth-order valence-corrected chi connectivity index (χ4v) is 1.86. The Morgan fingerprint density at radius 2 is 1.95 bits per heavy atom. The molecule has 0 aliphatic rings. The molecule has 0 saturated heterocycles. The molecule has 0 radical (unpaired) electrons. The molecule has 0 saturated carbocycles. The summed E-state index contributed by atoms with van der Waals surface area (Å²) in [5.74, 6) is 0.969. The van der Waals surface area contributed by atoms with Gasteiger partial charge in [0, 0.05) is 12.5 Å². The summed E-state index contributed by atoms with van der Waals surface area (Å²) in [7, 11) is 1.50. The van der Waals surface area contributed by atoms with Gasteiger partial charge in [-0.1, -0.05) is 13.0 Å². The first kappa shape index (κ1) is 17.6. The highest BCUT2D eigenvalue weighted by molar-refractivity contribution is 5.43. The Bertz CT molecular complexity index is 435. The van der Waals surface area contributed by atoms with Crippen LogP contribution in [-0.4, -0.2) is 25.9 Å². The Kier molecular flexibility index (Phi) is 6.81. The highest BCUT2D eigenvalue weighted by atomic mass is 19.4. The molecule has 1 aromatic carbocycles. The first-order valence-corrected chi connectivity index (χ1v) is 6.97. The molecule has 21 heavy (non-hydrogen) atoms. The van der Waals surface area contributed by atoms with Crippen LogP contribution in [0.4, 0.5) is 13.2 Å². The molecule has 1 aromatic rings. The zero-order chi connectivity index (χ0) is 15.9. The van der Waals surface area contributed by atoms with E-state index in [9.17, 15) is 13.2 Å². The Hall–Kier alpha value is -1.43. The lowest BCUT2D eigenvalue weighted by Crippen LogP contribution is -2.21. The van der Waals surface area contributed by atoms with Crippen molar-refractivity contribution in [2.45, 2.75) is 44.8 Å². The van der Waals surface area contributed by atoms with Crippen molar-refractivity contribution in [1.29, 1.82) is 0 Å². The van der Waals surface area contributed by atoms with E-state index < -0.39 is 12.6 Å². The lowest BCUT2D eigenvalue weighted by molar-refractivity contribution is -0.136. The molecule has 3 nitrogen and oxygen atoms in total. The van der Waals surface area contributed by atoms with Crippen molar-refractivity contribution in [1.82, 2.24) is 0 Å². The molecule has 0 fully saturated rings. The molecule has 0 aromatic heterocycles. The topological polar surface area (TPSA) is 44.5 Å². The second kappa shape index (κ2) is 8.12. The van der Waals surface area contributed by atoms with E-state index in [0.717, 1.165) is 12.0 Å². The smallest absolute Gasteiger partial charge is 0.389 e. The average molecular weight is 305 g/mol. The standard InChI is InChI=1S/C15H22F3NO2/c1-3-12(19)9-11-5-6-13(20-2)14(10-11)21-8-4-7-15(16,17)18/h5-6,10,12H,3-4,7-9,19H2,1-2H3. The van der Waals surface area contributed by atoms with Crippen molar-refractivity contribution in [2.75, 3.05) is 13.7 Å². The second-order valence-electron chi connectivity index (χ2n) is 4.92. The van der Waals surface area contributed by atoms with E-state index in [2.05, 4.69) is 0 Å². The average Bonchev–Trinajstić information content (AvgIpc) is 2.42. The van der Waals surface area contributed by atoms with E-state index in [0.29, 0.717) is 17.9 Å². The van der Waals surface area contributed by atoms with Gasteiger partial charge < -0.3 is 15.2 Å². The van der Waals surface area contributed by atoms with Gasteiger partial charge in [0.25, 0.3) is 0 Å². The second-order valence-corrected chi connectivity index (χ2v) is 4.92. The van der Waals surface area contributed by atoms with E-state index in [-0.39, 0.29) is 19.1 Å². The van der Waals surface area contributed by atoms with E-state index in [1.165, 1.54) is 7.11 Å². The number of nitrogens with two attached hydrogens (primary N) is 1. The zero-order valence-electron chi connectivity index (χ0n) is 12.4. The van der Waals surface area contributed by atoms with Crippen molar-refractivity contribution >= 4 is 0 Å². The normalized spacial score (nSPS) is 13.0. The summed E-state index contributed by atoms with van der Waals surface area (Å²) < 4.78 is 46.8. The molecular formula is C15H22F3NO2. The summed E-state index contributed by atoms with van der Waals surface area (Å²) in [6.45, 7) is 2.00. The SMILES string of the molecule is CCC(N)Cc1ccc(OC)c(OCCCC(F)(F)F)c1. The minimum Gasteiger partial charge on any atom is -0.493 e. The Morgan fingerprint density at radius 1 is 1.24 bits per heavy atom. The summed E-state index contributed by atoms with van der Waals surface area (Å²) in [5.41, 5.74) is 6.88. The minimum atomic E-state index is -4.15. The van der Waals surface area contributed by atoms with Gasteiger partial charge in [0.05, 0.1) is 13.7 Å². The molecule has 1 rings (SSSR count). The van der Waals surface area contributed by atoms with E-state index in [4.69, 9.17) is 15.2 Å². The quantitative estimate of drug-likeness (QED) is 0.745. The number of benzene rings is 1. The largest absolute Gasteiger partial charge is 0.493 e. The number of alkyl halides is 3. The lowest BCUT2D eigenvalue weighted by atomic mass is 10.0. The van der Waals surface area contributed by atoms with Crippen LogP contribution in [0.1, 0.15) is 31.7 Å². The van der Waals surface area contributed by atoms with Crippen molar-refractivity contribution in [3.63, 3.8) is 0 Å². The van der Waals surface area contributed by atoms with Crippen LogP contribution < -0.4 is 15.2 Å². The van der Waals surface area contributed by atoms with Crippen molar-refractivity contribution in [2.24, 2.45) is 5.73 Å². The maximum Gasteiger partial charge on any atom is 0.389 e. The van der Waals surface area contributed by atoms with Crippen LogP contribution >= 0.6 is 0 Å². The number of hydrogen-bond acceptors (Lipinski definition) is 3. The fourth-order valence-electron chi connectivity index (χ4n) is 1.86. The summed E-state index contributed by atoms with van der Waals surface area (Å²) in [5, 5.41) is 0. The van der Waals surface area contributed by atoms with Gasteiger partial charge in [-0.2, -0.15) is 13.2 Å². The summed E-state index contributed by atoms with van der Waals surface area (Å²) in [4.78, 5) is 0. The van der Waals surface area contributed by atoms with E-state index in [1.54, 1.807) is 12.1 Å². The van der Waals surface area contributed by atoms with Crippen molar-refractivity contribution < 1.29 is 22.6 Å². The lowest BCUT2D eigenvalue weighted by Gasteiger charge is -2.14. The number of rotatable bonds is 8. The monoisotopic (exact) mass is 305 g/mol. The fraction of sp³-hybridized carbons (Fsp3) is 0.600. The summed E-state index contributed by atoms with van der Waals surface area (Å²) in [6.07, 6.45) is -3.53. The molecular weight excluding hydrogens is 283 g/mol. The third-order valence-electron chi connectivity index (χ3n) is 3.11. The van der Waals surface area contributed by atoms with Crippen LogP contribution in [0.2, 0.25) is 0 Å². The highest BCUT2D eigenvalue weighted by Gasteiger charge is 2.26. The van der Waals surface area contributed by atoms with Gasteiger partial charge in [-0.25, -0.2) is 0 Å². The van der Waals surface area contributed by atoms with Crippen molar-refractivity contribution in [3.8, 4) is 11.5 Å². The van der Waals surface area contributed by atoms with E-state index >= 15 is 0 Å². The first-order valence-electron chi connectivity index (χ1n) is 6.97. The predicted molar refractivity (Wildman–Crippen MR) is 75.7 cm³/mol. The molecule has 120 valence electrons. The molecule has 1 atom stereocenters. The molecule has 0 bridgehead atoms. The molecule has 0 aliphatic heterocycles.